The highest BCUT2D eigenvalue weighted by Gasteiger charge is 2.23. The van der Waals surface area contributed by atoms with E-state index in [2.05, 4.69) is 37.3 Å². The summed E-state index contributed by atoms with van der Waals surface area (Å²) in [7, 11) is 0. The van der Waals surface area contributed by atoms with E-state index in [1.54, 1.807) is 12.1 Å². The molecule has 1 unspecified atom stereocenters. The Hall–Kier alpha value is -2.61. The minimum absolute atomic E-state index is 0.183. The van der Waals surface area contributed by atoms with Gasteiger partial charge >= 0.3 is 0 Å². The summed E-state index contributed by atoms with van der Waals surface area (Å²) < 4.78 is 14.9. The summed E-state index contributed by atoms with van der Waals surface area (Å²) in [4.78, 5) is 4.58. The maximum absolute atomic E-state index is 13.4. The summed E-state index contributed by atoms with van der Waals surface area (Å²) in [5.41, 5.74) is 1.65. The average molecular weight is 327 g/mol. The fourth-order valence-corrected chi connectivity index (χ4v) is 3.12. The van der Waals surface area contributed by atoms with Crippen LogP contribution in [-0.2, 0) is 0 Å². The quantitative estimate of drug-likeness (QED) is 0.727. The van der Waals surface area contributed by atoms with Crippen molar-refractivity contribution < 1.29 is 4.39 Å². The van der Waals surface area contributed by atoms with Crippen LogP contribution in [0.25, 0.3) is 5.65 Å². The van der Waals surface area contributed by atoms with Gasteiger partial charge in [0.1, 0.15) is 5.82 Å². The van der Waals surface area contributed by atoms with Crippen molar-refractivity contribution in [3.8, 4) is 0 Å². The number of hydrogen-bond acceptors (Lipinski definition) is 6. The van der Waals surface area contributed by atoms with Crippen molar-refractivity contribution in [2.75, 3.05) is 31.1 Å². The summed E-state index contributed by atoms with van der Waals surface area (Å²) in [5, 5.41) is 15.7. The molecule has 1 fully saturated rings. The highest BCUT2D eigenvalue weighted by Crippen LogP contribution is 2.23. The second-order valence-corrected chi connectivity index (χ2v) is 5.97. The molecule has 0 bridgehead atoms. The van der Waals surface area contributed by atoms with Gasteiger partial charge in [-0.15, -0.1) is 14.8 Å². The Balaban J connectivity index is 1.44. The summed E-state index contributed by atoms with van der Waals surface area (Å²) in [6.45, 7) is 5.64. The van der Waals surface area contributed by atoms with Crippen LogP contribution >= 0.6 is 0 Å². The second kappa shape index (κ2) is 6.12. The second-order valence-electron chi connectivity index (χ2n) is 5.97. The van der Waals surface area contributed by atoms with E-state index in [-0.39, 0.29) is 11.9 Å². The molecule has 0 amide bonds. The monoisotopic (exact) mass is 327 g/mol. The number of benzene rings is 1. The largest absolute Gasteiger partial charge is 0.353 e. The fraction of sp³-hybridized carbons (Fsp3) is 0.375. The van der Waals surface area contributed by atoms with Gasteiger partial charge in [-0.05, 0) is 47.2 Å². The molecule has 24 heavy (non-hydrogen) atoms. The van der Waals surface area contributed by atoms with Gasteiger partial charge in [-0.25, -0.2) is 4.39 Å². The first-order valence-corrected chi connectivity index (χ1v) is 8.00. The molecular weight excluding hydrogens is 309 g/mol. The molecule has 1 aliphatic heterocycles. The Morgan fingerprint density at radius 1 is 1.08 bits per heavy atom. The van der Waals surface area contributed by atoms with Gasteiger partial charge in [-0.2, -0.15) is 0 Å². The van der Waals surface area contributed by atoms with Gasteiger partial charge in [0.2, 0.25) is 0 Å². The van der Waals surface area contributed by atoms with Gasteiger partial charge in [-0.1, -0.05) is 12.1 Å². The van der Waals surface area contributed by atoms with Gasteiger partial charge in [0, 0.05) is 32.2 Å². The van der Waals surface area contributed by atoms with E-state index < -0.39 is 0 Å². The van der Waals surface area contributed by atoms with Crippen LogP contribution in [0.2, 0.25) is 0 Å². The van der Waals surface area contributed by atoms with Crippen LogP contribution in [0, 0.1) is 5.82 Å². The Morgan fingerprint density at radius 2 is 1.92 bits per heavy atom. The molecule has 3 aromatic rings. The topological polar surface area (TPSA) is 62.5 Å². The first-order valence-electron chi connectivity index (χ1n) is 8.00. The van der Waals surface area contributed by atoms with Crippen LogP contribution in [0.15, 0.2) is 36.4 Å². The zero-order chi connectivity index (χ0) is 16.5. The van der Waals surface area contributed by atoms with E-state index in [4.69, 9.17) is 0 Å². The lowest BCUT2D eigenvalue weighted by molar-refractivity contribution is 0.197. The van der Waals surface area contributed by atoms with Crippen LogP contribution in [-0.4, -0.2) is 56.3 Å². The zero-order valence-corrected chi connectivity index (χ0v) is 13.4. The van der Waals surface area contributed by atoms with Crippen molar-refractivity contribution in [1.82, 2.24) is 30.2 Å². The molecule has 1 aliphatic rings. The summed E-state index contributed by atoms with van der Waals surface area (Å²) >= 11 is 0. The number of rotatable bonds is 3. The van der Waals surface area contributed by atoms with Crippen molar-refractivity contribution in [3.63, 3.8) is 0 Å². The predicted octanol–water partition coefficient (Wildman–Crippen LogP) is 1.54. The minimum atomic E-state index is -0.183. The Labute approximate surface area is 138 Å². The van der Waals surface area contributed by atoms with Gasteiger partial charge in [0.15, 0.2) is 11.5 Å². The van der Waals surface area contributed by atoms with E-state index in [1.165, 1.54) is 10.7 Å². The van der Waals surface area contributed by atoms with E-state index in [0.717, 1.165) is 37.6 Å². The van der Waals surface area contributed by atoms with Gasteiger partial charge < -0.3 is 4.90 Å². The molecular formula is C16H18FN7. The molecule has 124 valence electrons. The predicted molar refractivity (Wildman–Crippen MR) is 87.2 cm³/mol. The molecule has 2 aromatic heterocycles. The van der Waals surface area contributed by atoms with Crippen LogP contribution in [0.5, 0.6) is 0 Å². The van der Waals surface area contributed by atoms with Crippen molar-refractivity contribution in [1.29, 1.82) is 0 Å². The van der Waals surface area contributed by atoms with Crippen LogP contribution in [0.4, 0.5) is 10.2 Å². The highest BCUT2D eigenvalue weighted by atomic mass is 19.1. The molecule has 0 spiro atoms. The van der Waals surface area contributed by atoms with E-state index in [0.29, 0.717) is 5.65 Å². The van der Waals surface area contributed by atoms with E-state index in [9.17, 15) is 4.39 Å². The summed E-state index contributed by atoms with van der Waals surface area (Å²) in [5.74, 6) is 0.685. The van der Waals surface area contributed by atoms with Gasteiger partial charge in [0.25, 0.3) is 0 Å². The number of nitrogens with zero attached hydrogens (tertiary/aromatic N) is 7. The number of hydrogen-bond donors (Lipinski definition) is 0. The lowest BCUT2D eigenvalue weighted by Gasteiger charge is -2.38. The molecule has 1 atom stereocenters. The average Bonchev–Trinajstić information content (AvgIpc) is 3.09. The zero-order valence-electron chi connectivity index (χ0n) is 13.4. The number of anilines is 1. The lowest BCUT2D eigenvalue weighted by Crippen LogP contribution is -2.47. The van der Waals surface area contributed by atoms with E-state index >= 15 is 0 Å². The van der Waals surface area contributed by atoms with Crippen LogP contribution in [0.1, 0.15) is 18.5 Å². The molecule has 1 aromatic carbocycles. The Morgan fingerprint density at radius 3 is 2.71 bits per heavy atom. The maximum atomic E-state index is 13.4. The molecule has 0 saturated carbocycles. The van der Waals surface area contributed by atoms with Crippen LogP contribution in [0.3, 0.4) is 0 Å². The Kier molecular flexibility index (Phi) is 3.81. The first kappa shape index (κ1) is 14.9. The van der Waals surface area contributed by atoms with E-state index in [1.807, 2.05) is 18.2 Å². The number of fused-ring (bicyclic) bond motifs is 1. The van der Waals surface area contributed by atoms with Crippen molar-refractivity contribution in [2.45, 2.75) is 13.0 Å². The number of halogens is 1. The van der Waals surface area contributed by atoms with Gasteiger partial charge in [0.05, 0.1) is 0 Å². The third-order valence-corrected chi connectivity index (χ3v) is 4.57. The van der Waals surface area contributed by atoms with Crippen molar-refractivity contribution >= 4 is 11.5 Å². The Bertz CT molecular complexity index is 841. The van der Waals surface area contributed by atoms with Gasteiger partial charge in [-0.3, -0.25) is 4.90 Å². The maximum Gasteiger partial charge on any atom is 0.200 e. The third kappa shape index (κ3) is 2.80. The SMILES string of the molecule is CC(c1cccc(F)c1)N1CCN(c2ccc3nnnn3n2)CC1. The van der Waals surface area contributed by atoms with Crippen molar-refractivity contribution in [2.24, 2.45) is 0 Å². The fourth-order valence-electron chi connectivity index (χ4n) is 3.12. The molecule has 3 heterocycles. The summed E-state index contributed by atoms with van der Waals surface area (Å²) in [6, 6.07) is 10.8. The lowest BCUT2D eigenvalue weighted by atomic mass is 10.1. The molecule has 0 radical (unpaired) electrons. The van der Waals surface area contributed by atoms with Crippen LogP contribution < -0.4 is 4.90 Å². The molecule has 0 N–H and O–H groups in total. The number of aromatic nitrogens is 5. The molecule has 0 aliphatic carbocycles. The number of tetrazole rings is 1. The normalized spacial score (nSPS) is 17.3. The first-order chi connectivity index (χ1) is 11.7. The summed E-state index contributed by atoms with van der Waals surface area (Å²) in [6.07, 6.45) is 0. The molecule has 1 saturated heterocycles. The minimum Gasteiger partial charge on any atom is -0.353 e. The molecule has 7 nitrogen and oxygen atoms in total. The smallest absolute Gasteiger partial charge is 0.200 e. The molecule has 8 heteroatoms. The van der Waals surface area contributed by atoms with Crippen molar-refractivity contribution in [3.05, 3.63) is 47.8 Å². The third-order valence-electron chi connectivity index (χ3n) is 4.57. The standard InChI is InChI=1S/C16H18FN7/c1-12(13-3-2-4-14(17)11-13)22-7-9-23(10-8-22)16-6-5-15-18-20-21-24(15)19-16/h2-6,11-12H,7-10H2,1H3. The number of piperazine rings is 1. The highest BCUT2D eigenvalue weighted by molar-refractivity contribution is 5.44. The molecule has 4 rings (SSSR count).